The zero-order chi connectivity index (χ0) is 23.5. The van der Waals surface area contributed by atoms with Crippen molar-refractivity contribution in [2.45, 2.75) is 26.7 Å². The molecule has 0 N–H and O–H groups in total. The molecule has 0 saturated carbocycles. The lowest BCUT2D eigenvalue weighted by Crippen LogP contribution is -2.38. The molecule has 2 aliphatic rings. The van der Waals surface area contributed by atoms with E-state index in [4.69, 9.17) is 14.2 Å². The number of carbonyl (C=O) groups is 2. The SMILES string of the molecule is CCOc1ccc(C2=C(N3CCC(C)CC3)C(=O)N(c3cc(OC)cc(OC)c3)C2=O)cc1. The van der Waals surface area contributed by atoms with Crippen molar-refractivity contribution in [3.63, 3.8) is 0 Å². The summed E-state index contributed by atoms with van der Waals surface area (Å²) in [5, 5.41) is 0. The van der Waals surface area contributed by atoms with Gasteiger partial charge in [0.1, 0.15) is 22.9 Å². The number of amides is 2. The van der Waals surface area contributed by atoms with Crippen molar-refractivity contribution in [3.05, 3.63) is 53.7 Å². The molecule has 2 aromatic carbocycles. The Labute approximate surface area is 194 Å². The molecule has 0 radical (unpaired) electrons. The average Bonchev–Trinajstić information content (AvgIpc) is 3.09. The van der Waals surface area contributed by atoms with E-state index in [0.717, 1.165) is 31.7 Å². The van der Waals surface area contributed by atoms with Crippen molar-refractivity contribution in [3.8, 4) is 17.2 Å². The number of piperidine rings is 1. The van der Waals surface area contributed by atoms with E-state index in [1.54, 1.807) is 18.2 Å². The van der Waals surface area contributed by atoms with E-state index in [2.05, 4.69) is 11.8 Å². The minimum Gasteiger partial charge on any atom is -0.497 e. The molecule has 1 saturated heterocycles. The van der Waals surface area contributed by atoms with Gasteiger partial charge in [-0.25, -0.2) is 4.90 Å². The van der Waals surface area contributed by atoms with Gasteiger partial charge in [-0.15, -0.1) is 0 Å². The molecule has 1 fully saturated rings. The standard InChI is InChI=1S/C26H30N2O5/c1-5-33-20-8-6-18(7-9-20)23-24(27-12-10-17(2)11-13-27)26(30)28(25(23)29)19-14-21(31-3)16-22(15-19)32-4/h6-9,14-17H,5,10-13H2,1-4H3. The Hall–Kier alpha value is -3.48. The number of anilines is 1. The van der Waals surface area contributed by atoms with Crippen LogP contribution in [0.5, 0.6) is 17.2 Å². The number of ether oxygens (including phenoxy) is 3. The molecule has 2 aliphatic heterocycles. The van der Waals surface area contributed by atoms with Crippen LogP contribution < -0.4 is 19.1 Å². The van der Waals surface area contributed by atoms with Crippen LogP contribution in [0.4, 0.5) is 5.69 Å². The molecule has 0 atom stereocenters. The van der Waals surface area contributed by atoms with E-state index in [-0.39, 0.29) is 11.8 Å². The van der Waals surface area contributed by atoms with Gasteiger partial charge in [-0.05, 0) is 43.4 Å². The third-order valence-corrected chi connectivity index (χ3v) is 6.21. The first-order valence-corrected chi connectivity index (χ1v) is 11.3. The van der Waals surface area contributed by atoms with Gasteiger partial charge in [0.05, 0.1) is 32.1 Å². The van der Waals surface area contributed by atoms with Gasteiger partial charge in [-0.1, -0.05) is 19.1 Å². The Morgan fingerprint density at radius 3 is 2.03 bits per heavy atom. The normalized spacial score (nSPS) is 17.1. The maximum Gasteiger partial charge on any atom is 0.282 e. The number of rotatable bonds is 7. The first-order valence-electron chi connectivity index (χ1n) is 11.3. The van der Waals surface area contributed by atoms with E-state index in [9.17, 15) is 9.59 Å². The van der Waals surface area contributed by atoms with Crippen molar-refractivity contribution >= 4 is 23.1 Å². The number of carbonyl (C=O) groups excluding carboxylic acids is 2. The van der Waals surface area contributed by atoms with Crippen molar-refractivity contribution < 1.29 is 23.8 Å². The summed E-state index contributed by atoms with van der Waals surface area (Å²) in [5.74, 6) is 1.66. The number of likely N-dealkylation sites (tertiary alicyclic amines) is 1. The van der Waals surface area contributed by atoms with Gasteiger partial charge in [-0.3, -0.25) is 9.59 Å². The van der Waals surface area contributed by atoms with Crippen LogP contribution in [0.3, 0.4) is 0 Å². The highest BCUT2D eigenvalue weighted by molar-refractivity contribution is 6.45. The van der Waals surface area contributed by atoms with E-state index in [0.29, 0.717) is 46.5 Å². The van der Waals surface area contributed by atoms with Crippen LogP contribution in [-0.2, 0) is 9.59 Å². The zero-order valence-corrected chi connectivity index (χ0v) is 19.6. The van der Waals surface area contributed by atoms with Gasteiger partial charge in [-0.2, -0.15) is 0 Å². The number of imide groups is 1. The monoisotopic (exact) mass is 450 g/mol. The van der Waals surface area contributed by atoms with E-state index < -0.39 is 0 Å². The molecule has 2 heterocycles. The van der Waals surface area contributed by atoms with Gasteiger partial charge >= 0.3 is 0 Å². The Balaban J connectivity index is 1.79. The molecular weight excluding hydrogens is 420 g/mol. The molecule has 2 amide bonds. The minimum absolute atomic E-state index is 0.325. The second kappa shape index (κ2) is 9.57. The number of benzene rings is 2. The van der Waals surface area contributed by atoms with Crippen LogP contribution >= 0.6 is 0 Å². The van der Waals surface area contributed by atoms with Crippen LogP contribution in [0.2, 0.25) is 0 Å². The second-order valence-corrected chi connectivity index (χ2v) is 8.37. The first kappa shape index (κ1) is 22.7. The summed E-state index contributed by atoms with van der Waals surface area (Å²) in [6.07, 6.45) is 1.96. The summed E-state index contributed by atoms with van der Waals surface area (Å²) in [6.45, 7) is 6.18. The number of hydrogen-bond acceptors (Lipinski definition) is 6. The summed E-state index contributed by atoms with van der Waals surface area (Å²) >= 11 is 0. The highest BCUT2D eigenvalue weighted by atomic mass is 16.5. The summed E-state index contributed by atoms with van der Waals surface area (Å²) in [6, 6.07) is 12.4. The van der Waals surface area contributed by atoms with Gasteiger partial charge < -0.3 is 19.1 Å². The van der Waals surface area contributed by atoms with Gasteiger partial charge in [0, 0.05) is 31.3 Å². The van der Waals surface area contributed by atoms with Crippen LogP contribution in [0.25, 0.3) is 5.57 Å². The smallest absolute Gasteiger partial charge is 0.282 e. The summed E-state index contributed by atoms with van der Waals surface area (Å²) in [5.41, 5.74) is 1.99. The first-order chi connectivity index (χ1) is 16.0. The van der Waals surface area contributed by atoms with Gasteiger partial charge in [0.25, 0.3) is 11.8 Å². The van der Waals surface area contributed by atoms with E-state index in [1.807, 2.05) is 31.2 Å². The highest BCUT2D eigenvalue weighted by Gasteiger charge is 2.43. The Morgan fingerprint density at radius 1 is 0.879 bits per heavy atom. The van der Waals surface area contributed by atoms with Crippen molar-refractivity contribution in [2.75, 3.05) is 38.8 Å². The molecule has 33 heavy (non-hydrogen) atoms. The molecule has 4 rings (SSSR count). The molecule has 0 aromatic heterocycles. The molecule has 0 unspecified atom stereocenters. The largest absolute Gasteiger partial charge is 0.497 e. The quantitative estimate of drug-likeness (QED) is 0.591. The van der Waals surface area contributed by atoms with Crippen molar-refractivity contribution in [1.29, 1.82) is 0 Å². The van der Waals surface area contributed by atoms with Crippen LogP contribution in [-0.4, -0.2) is 50.6 Å². The van der Waals surface area contributed by atoms with Crippen molar-refractivity contribution in [1.82, 2.24) is 4.90 Å². The number of nitrogens with zero attached hydrogens (tertiary/aromatic N) is 2. The van der Waals surface area contributed by atoms with E-state index >= 15 is 0 Å². The summed E-state index contributed by atoms with van der Waals surface area (Å²) in [7, 11) is 3.08. The predicted molar refractivity (Wildman–Crippen MR) is 127 cm³/mol. The van der Waals surface area contributed by atoms with Gasteiger partial charge in [0.15, 0.2) is 0 Å². The topological polar surface area (TPSA) is 68.3 Å². The maximum absolute atomic E-state index is 13.8. The molecule has 0 spiro atoms. The minimum atomic E-state index is -0.354. The number of hydrogen-bond donors (Lipinski definition) is 0. The molecular formula is C26H30N2O5. The van der Waals surface area contributed by atoms with Gasteiger partial charge in [0.2, 0.25) is 0 Å². The lowest BCUT2D eigenvalue weighted by molar-refractivity contribution is -0.120. The fourth-order valence-electron chi connectivity index (χ4n) is 4.34. The molecule has 7 nitrogen and oxygen atoms in total. The zero-order valence-electron chi connectivity index (χ0n) is 19.6. The fraction of sp³-hybridized carbons (Fsp3) is 0.385. The third kappa shape index (κ3) is 4.40. The predicted octanol–water partition coefficient (Wildman–Crippen LogP) is 4.12. The maximum atomic E-state index is 13.8. The fourth-order valence-corrected chi connectivity index (χ4v) is 4.34. The average molecular weight is 451 g/mol. The van der Waals surface area contributed by atoms with Crippen molar-refractivity contribution in [2.24, 2.45) is 5.92 Å². The molecule has 2 aromatic rings. The third-order valence-electron chi connectivity index (χ3n) is 6.21. The van der Waals surface area contributed by atoms with Crippen LogP contribution in [0.15, 0.2) is 48.2 Å². The lowest BCUT2D eigenvalue weighted by Gasteiger charge is -2.32. The molecule has 0 bridgehead atoms. The summed E-state index contributed by atoms with van der Waals surface area (Å²) in [4.78, 5) is 30.8. The van der Waals surface area contributed by atoms with Crippen LogP contribution in [0.1, 0.15) is 32.3 Å². The molecule has 7 heteroatoms. The second-order valence-electron chi connectivity index (χ2n) is 8.37. The number of methoxy groups -OCH3 is 2. The van der Waals surface area contributed by atoms with Crippen LogP contribution in [0, 0.1) is 5.92 Å². The Bertz CT molecular complexity index is 1050. The highest BCUT2D eigenvalue weighted by Crippen LogP contribution is 2.39. The molecule has 0 aliphatic carbocycles. The summed E-state index contributed by atoms with van der Waals surface area (Å²) < 4.78 is 16.3. The molecule has 174 valence electrons. The Morgan fingerprint density at radius 2 is 1.48 bits per heavy atom. The lowest BCUT2D eigenvalue weighted by atomic mass is 9.97. The Kier molecular flexibility index (Phi) is 6.58. The van der Waals surface area contributed by atoms with E-state index in [1.165, 1.54) is 19.1 Å².